The molecule has 0 aliphatic carbocycles. The molecule has 16 heavy (non-hydrogen) atoms. The zero-order valence-corrected chi connectivity index (χ0v) is 11.2. The molecule has 2 heterocycles. The summed E-state index contributed by atoms with van der Waals surface area (Å²) in [5, 5.41) is 6.67. The monoisotopic (exact) mass is 259 g/mol. The average Bonchev–Trinajstić information content (AvgIpc) is 2.67. The van der Waals surface area contributed by atoms with Crippen LogP contribution in [0.1, 0.15) is 19.8 Å². The highest BCUT2D eigenvalue weighted by Gasteiger charge is 2.14. The number of anilines is 1. The molecule has 5 heteroatoms. The topological polar surface area (TPSA) is 28.2 Å². The number of hydrogen-bond acceptors (Lipinski definition) is 4. The van der Waals surface area contributed by atoms with Crippen LogP contribution in [0.4, 0.5) is 5.13 Å². The van der Waals surface area contributed by atoms with Crippen LogP contribution >= 0.6 is 22.9 Å². The lowest BCUT2D eigenvalue weighted by Gasteiger charge is -2.30. The zero-order valence-electron chi connectivity index (χ0n) is 9.58. The molecule has 2 rings (SSSR count). The van der Waals surface area contributed by atoms with Crippen molar-refractivity contribution in [3.05, 3.63) is 10.5 Å². The number of thiazole rings is 1. The predicted octanol–water partition coefficient (Wildman–Crippen LogP) is 2.94. The number of likely N-dealkylation sites (tertiary alicyclic amines) is 1. The van der Waals surface area contributed by atoms with E-state index in [-0.39, 0.29) is 0 Å². The van der Waals surface area contributed by atoms with Crippen molar-refractivity contribution in [1.82, 2.24) is 9.88 Å². The Balaban J connectivity index is 1.64. The molecule has 0 bridgehead atoms. The number of aromatic nitrogens is 1. The fourth-order valence-electron chi connectivity index (χ4n) is 1.94. The fraction of sp³-hybridized carbons (Fsp3) is 0.727. The molecule has 0 amide bonds. The van der Waals surface area contributed by atoms with Crippen LogP contribution in [-0.2, 0) is 0 Å². The van der Waals surface area contributed by atoms with Crippen molar-refractivity contribution in [1.29, 1.82) is 0 Å². The van der Waals surface area contributed by atoms with Gasteiger partial charge in [0.2, 0.25) is 0 Å². The van der Waals surface area contributed by atoms with Crippen LogP contribution in [-0.4, -0.2) is 36.1 Å². The lowest BCUT2D eigenvalue weighted by molar-refractivity contribution is 0.199. The van der Waals surface area contributed by atoms with E-state index in [1.165, 1.54) is 25.9 Å². The number of nitrogens with zero attached hydrogens (tertiary/aromatic N) is 2. The van der Waals surface area contributed by atoms with Gasteiger partial charge in [-0.25, -0.2) is 4.98 Å². The third-order valence-electron chi connectivity index (χ3n) is 3.06. The van der Waals surface area contributed by atoms with Crippen molar-refractivity contribution in [2.24, 2.45) is 5.92 Å². The Morgan fingerprint density at radius 1 is 1.56 bits per heavy atom. The highest BCUT2D eigenvalue weighted by atomic mass is 35.5. The molecule has 1 saturated heterocycles. The van der Waals surface area contributed by atoms with E-state index in [2.05, 4.69) is 22.1 Å². The maximum atomic E-state index is 5.75. The number of halogens is 1. The van der Waals surface area contributed by atoms with Gasteiger partial charge in [0.15, 0.2) is 5.13 Å². The maximum Gasteiger partial charge on any atom is 0.184 e. The summed E-state index contributed by atoms with van der Waals surface area (Å²) < 4.78 is 0. The van der Waals surface area contributed by atoms with Gasteiger partial charge in [-0.05, 0) is 31.8 Å². The normalized spacial score (nSPS) is 18.9. The summed E-state index contributed by atoms with van der Waals surface area (Å²) in [7, 11) is 0. The molecular formula is C11H18ClN3S. The standard InChI is InChI=1S/C11H18ClN3S/c1-9-2-5-15(6-3-9)7-4-13-11-14-10(12)8-16-11/h8-9H,2-7H2,1H3,(H,13,14). The van der Waals surface area contributed by atoms with Gasteiger partial charge < -0.3 is 10.2 Å². The quantitative estimate of drug-likeness (QED) is 0.901. The van der Waals surface area contributed by atoms with Gasteiger partial charge in [0.05, 0.1) is 0 Å². The minimum absolute atomic E-state index is 0.583. The van der Waals surface area contributed by atoms with Crippen LogP contribution in [0.5, 0.6) is 0 Å². The van der Waals surface area contributed by atoms with E-state index in [4.69, 9.17) is 11.6 Å². The third-order valence-corrected chi connectivity index (χ3v) is 4.18. The maximum absolute atomic E-state index is 5.75. The van der Waals surface area contributed by atoms with Crippen LogP contribution in [0, 0.1) is 5.92 Å². The Bertz CT molecular complexity index is 321. The molecule has 0 spiro atoms. The van der Waals surface area contributed by atoms with E-state index in [1.807, 2.05) is 5.38 Å². The van der Waals surface area contributed by atoms with Gasteiger partial charge in [0.1, 0.15) is 5.15 Å². The summed E-state index contributed by atoms with van der Waals surface area (Å²) in [6.07, 6.45) is 2.67. The van der Waals surface area contributed by atoms with Gasteiger partial charge >= 0.3 is 0 Å². The SMILES string of the molecule is CC1CCN(CCNc2nc(Cl)cs2)CC1. The van der Waals surface area contributed by atoms with Crippen LogP contribution in [0.3, 0.4) is 0 Å². The molecule has 0 unspecified atom stereocenters. The Kier molecular flexibility index (Phi) is 4.44. The summed E-state index contributed by atoms with van der Waals surface area (Å²) in [5.41, 5.74) is 0. The largest absolute Gasteiger partial charge is 0.360 e. The molecular weight excluding hydrogens is 242 g/mol. The number of rotatable bonds is 4. The molecule has 0 aromatic carbocycles. The first-order valence-electron chi connectivity index (χ1n) is 5.81. The zero-order chi connectivity index (χ0) is 11.4. The average molecular weight is 260 g/mol. The van der Waals surface area contributed by atoms with E-state index in [0.717, 1.165) is 24.1 Å². The van der Waals surface area contributed by atoms with Gasteiger partial charge in [-0.3, -0.25) is 0 Å². The van der Waals surface area contributed by atoms with Gasteiger partial charge in [-0.15, -0.1) is 11.3 Å². The van der Waals surface area contributed by atoms with Gasteiger partial charge in [-0.1, -0.05) is 18.5 Å². The van der Waals surface area contributed by atoms with Crippen molar-refractivity contribution < 1.29 is 0 Å². The van der Waals surface area contributed by atoms with Crippen molar-refractivity contribution in [3.63, 3.8) is 0 Å². The second kappa shape index (κ2) is 5.84. The molecule has 1 aliphatic rings. The first-order valence-corrected chi connectivity index (χ1v) is 7.07. The summed E-state index contributed by atoms with van der Waals surface area (Å²) in [6, 6.07) is 0. The molecule has 0 atom stereocenters. The molecule has 1 aliphatic heterocycles. The third kappa shape index (κ3) is 3.61. The lowest BCUT2D eigenvalue weighted by atomic mass is 9.99. The summed E-state index contributed by atoms with van der Waals surface area (Å²) in [6.45, 7) is 6.87. The van der Waals surface area contributed by atoms with E-state index < -0.39 is 0 Å². The van der Waals surface area contributed by atoms with Crippen molar-refractivity contribution in [2.45, 2.75) is 19.8 Å². The smallest absolute Gasteiger partial charge is 0.184 e. The van der Waals surface area contributed by atoms with E-state index >= 15 is 0 Å². The fourth-order valence-corrected chi connectivity index (χ4v) is 2.81. The molecule has 1 N–H and O–H groups in total. The minimum Gasteiger partial charge on any atom is -0.360 e. The van der Waals surface area contributed by atoms with Crippen molar-refractivity contribution in [3.8, 4) is 0 Å². The molecule has 1 fully saturated rings. The number of piperidine rings is 1. The van der Waals surface area contributed by atoms with E-state index in [9.17, 15) is 0 Å². The second-order valence-electron chi connectivity index (χ2n) is 4.43. The highest BCUT2D eigenvalue weighted by molar-refractivity contribution is 7.14. The Labute approximate surface area is 106 Å². The van der Waals surface area contributed by atoms with Crippen LogP contribution in [0.25, 0.3) is 0 Å². The van der Waals surface area contributed by atoms with Gasteiger partial charge in [0, 0.05) is 18.5 Å². The Hall–Kier alpha value is -0.320. The summed E-state index contributed by atoms with van der Waals surface area (Å²) in [4.78, 5) is 6.68. The van der Waals surface area contributed by atoms with E-state index in [0.29, 0.717) is 5.15 Å². The Morgan fingerprint density at radius 3 is 2.94 bits per heavy atom. The molecule has 90 valence electrons. The van der Waals surface area contributed by atoms with Crippen molar-refractivity contribution >= 4 is 28.1 Å². The van der Waals surface area contributed by atoms with Gasteiger partial charge in [-0.2, -0.15) is 0 Å². The number of hydrogen-bond donors (Lipinski definition) is 1. The summed E-state index contributed by atoms with van der Waals surface area (Å²) in [5.74, 6) is 0.905. The van der Waals surface area contributed by atoms with Gasteiger partial charge in [0.25, 0.3) is 0 Å². The molecule has 0 radical (unpaired) electrons. The highest BCUT2D eigenvalue weighted by Crippen LogP contribution is 2.19. The second-order valence-corrected chi connectivity index (χ2v) is 5.67. The van der Waals surface area contributed by atoms with E-state index in [1.54, 1.807) is 11.3 Å². The molecule has 0 saturated carbocycles. The molecule has 1 aromatic heterocycles. The summed E-state index contributed by atoms with van der Waals surface area (Å²) >= 11 is 7.32. The Morgan fingerprint density at radius 2 is 2.31 bits per heavy atom. The number of nitrogens with one attached hydrogen (secondary N) is 1. The lowest BCUT2D eigenvalue weighted by Crippen LogP contribution is -2.36. The first-order chi connectivity index (χ1) is 7.74. The predicted molar refractivity (Wildman–Crippen MR) is 70.5 cm³/mol. The van der Waals surface area contributed by atoms with Crippen LogP contribution in [0.15, 0.2) is 5.38 Å². The molecule has 3 nitrogen and oxygen atoms in total. The molecule has 1 aromatic rings. The van der Waals surface area contributed by atoms with Crippen LogP contribution < -0.4 is 5.32 Å². The van der Waals surface area contributed by atoms with Crippen LogP contribution in [0.2, 0.25) is 5.15 Å². The van der Waals surface area contributed by atoms with Crippen molar-refractivity contribution in [2.75, 3.05) is 31.5 Å². The minimum atomic E-state index is 0.583. The first kappa shape index (κ1) is 12.1.